The quantitative estimate of drug-likeness (QED) is 0.808. The summed E-state index contributed by atoms with van der Waals surface area (Å²) in [6, 6.07) is 7.80. The third kappa shape index (κ3) is 4.65. The summed E-state index contributed by atoms with van der Waals surface area (Å²) in [7, 11) is 3.89. The monoisotopic (exact) mass is 355 g/mol. The third-order valence-electron chi connectivity index (χ3n) is 5.33. The molecule has 1 heterocycles. The molecule has 0 radical (unpaired) electrons. The lowest BCUT2D eigenvalue weighted by Crippen LogP contribution is -2.37. The maximum absolute atomic E-state index is 12.8. The number of nitrogens with zero attached hydrogens (tertiary/aromatic N) is 3. The zero-order valence-electron chi connectivity index (χ0n) is 15.9. The van der Waals surface area contributed by atoms with E-state index < -0.39 is 0 Å². The minimum Gasteiger partial charge on any atom is -0.486 e. The smallest absolute Gasteiger partial charge is 0.253 e. The Hall–Kier alpha value is -2.30. The van der Waals surface area contributed by atoms with Crippen molar-refractivity contribution in [2.24, 2.45) is 7.05 Å². The average Bonchev–Trinajstić information content (AvgIpc) is 3.04. The SMILES string of the molecule is CN(C(=O)c1ccc(OCc2nccn2C)cc1)C1CCCCCCC1. The zero-order chi connectivity index (χ0) is 18.4. The minimum absolute atomic E-state index is 0.103. The van der Waals surface area contributed by atoms with Gasteiger partial charge in [0.05, 0.1) is 0 Å². The van der Waals surface area contributed by atoms with Crippen LogP contribution in [-0.4, -0.2) is 33.4 Å². The highest BCUT2D eigenvalue weighted by Crippen LogP contribution is 2.22. The lowest BCUT2D eigenvalue weighted by molar-refractivity contribution is 0.0706. The first-order valence-corrected chi connectivity index (χ1v) is 9.61. The van der Waals surface area contributed by atoms with Crippen LogP contribution in [-0.2, 0) is 13.7 Å². The van der Waals surface area contributed by atoms with Crippen molar-refractivity contribution in [1.29, 1.82) is 0 Å². The van der Waals surface area contributed by atoms with E-state index in [1.165, 1.54) is 32.1 Å². The molecule has 0 bridgehead atoms. The molecule has 5 heteroatoms. The molecule has 1 amide bonds. The first-order chi connectivity index (χ1) is 12.6. The second-order valence-electron chi connectivity index (χ2n) is 7.18. The molecule has 1 aromatic heterocycles. The van der Waals surface area contributed by atoms with Crippen molar-refractivity contribution in [3.05, 3.63) is 48.0 Å². The van der Waals surface area contributed by atoms with Gasteiger partial charge in [0.2, 0.25) is 0 Å². The molecular weight excluding hydrogens is 326 g/mol. The molecule has 1 aromatic carbocycles. The predicted molar refractivity (Wildman–Crippen MR) is 102 cm³/mol. The van der Waals surface area contributed by atoms with Gasteiger partial charge < -0.3 is 14.2 Å². The number of imidazole rings is 1. The van der Waals surface area contributed by atoms with E-state index in [2.05, 4.69) is 4.98 Å². The topological polar surface area (TPSA) is 47.4 Å². The van der Waals surface area contributed by atoms with Crippen molar-refractivity contribution >= 4 is 5.91 Å². The number of hydrogen-bond donors (Lipinski definition) is 0. The Balaban J connectivity index is 1.58. The Kier molecular flexibility index (Phi) is 6.31. The highest BCUT2D eigenvalue weighted by Gasteiger charge is 2.21. The first kappa shape index (κ1) is 18.5. The molecule has 1 fully saturated rings. The summed E-state index contributed by atoms with van der Waals surface area (Å²) in [5, 5.41) is 0. The molecule has 0 N–H and O–H groups in total. The molecule has 0 atom stereocenters. The maximum Gasteiger partial charge on any atom is 0.253 e. The number of hydrogen-bond acceptors (Lipinski definition) is 3. The van der Waals surface area contributed by atoms with Crippen LogP contribution in [0.5, 0.6) is 5.75 Å². The molecule has 0 unspecified atom stereocenters. The van der Waals surface area contributed by atoms with Gasteiger partial charge in [0, 0.05) is 38.1 Å². The minimum atomic E-state index is 0.103. The van der Waals surface area contributed by atoms with Gasteiger partial charge in [-0.3, -0.25) is 4.79 Å². The van der Waals surface area contributed by atoms with Crippen LogP contribution in [0.3, 0.4) is 0 Å². The Bertz CT molecular complexity index is 700. The van der Waals surface area contributed by atoms with Crippen molar-refractivity contribution in [2.75, 3.05) is 7.05 Å². The van der Waals surface area contributed by atoms with E-state index in [1.807, 2.05) is 54.0 Å². The zero-order valence-corrected chi connectivity index (χ0v) is 15.9. The molecule has 3 rings (SSSR count). The number of aromatic nitrogens is 2. The van der Waals surface area contributed by atoms with Gasteiger partial charge in [-0.15, -0.1) is 0 Å². The molecule has 26 heavy (non-hydrogen) atoms. The molecule has 1 saturated carbocycles. The van der Waals surface area contributed by atoms with Crippen molar-refractivity contribution < 1.29 is 9.53 Å². The molecule has 0 spiro atoms. The van der Waals surface area contributed by atoms with Gasteiger partial charge in [0.1, 0.15) is 18.2 Å². The second kappa shape index (κ2) is 8.88. The van der Waals surface area contributed by atoms with E-state index in [0.29, 0.717) is 12.6 Å². The average molecular weight is 355 g/mol. The Morgan fingerprint density at radius 1 is 1.15 bits per heavy atom. The maximum atomic E-state index is 12.8. The standard InChI is InChI=1S/C21H29N3O2/c1-23-15-14-22-20(23)16-26-19-12-10-17(11-13-19)21(25)24(2)18-8-6-4-3-5-7-9-18/h10-15,18H,3-9,16H2,1-2H3. The Morgan fingerprint density at radius 2 is 1.81 bits per heavy atom. The van der Waals surface area contributed by atoms with E-state index in [1.54, 1.807) is 6.20 Å². The van der Waals surface area contributed by atoms with Crippen molar-refractivity contribution in [3.63, 3.8) is 0 Å². The highest BCUT2D eigenvalue weighted by atomic mass is 16.5. The van der Waals surface area contributed by atoms with Crippen LogP contribution < -0.4 is 4.74 Å². The number of carbonyl (C=O) groups is 1. The Labute approximate surface area is 156 Å². The number of aryl methyl sites for hydroxylation is 1. The van der Waals surface area contributed by atoms with Crippen LogP contribution in [0.25, 0.3) is 0 Å². The van der Waals surface area contributed by atoms with Gasteiger partial charge in [-0.25, -0.2) is 4.98 Å². The van der Waals surface area contributed by atoms with Gasteiger partial charge in [-0.2, -0.15) is 0 Å². The van der Waals surface area contributed by atoms with Crippen molar-refractivity contribution in [1.82, 2.24) is 14.5 Å². The summed E-state index contributed by atoms with van der Waals surface area (Å²) in [4.78, 5) is 19.0. The van der Waals surface area contributed by atoms with Gasteiger partial charge >= 0.3 is 0 Å². The van der Waals surface area contributed by atoms with Crippen LogP contribution in [0.1, 0.15) is 61.1 Å². The lowest BCUT2D eigenvalue weighted by Gasteiger charge is -2.30. The summed E-state index contributed by atoms with van der Waals surface area (Å²) in [5.41, 5.74) is 0.721. The van der Waals surface area contributed by atoms with Crippen LogP contribution in [0, 0.1) is 0 Å². The number of amides is 1. The Morgan fingerprint density at radius 3 is 2.42 bits per heavy atom. The van der Waals surface area contributed by atoms with Crippen molar-refractivity contribution in [2.45, 2.75) is 57.6 Å². The van der Waals surface area contributed by atoms with Gasteiger partial charge in [-0.05, 0) is 37.1 Å². The van der Waals surface area contributed by atoms with Crippen molar-refractivity contribution in [3.8, 4) is 5.75 Å². The summed E-state index contributed by atoms with van der Waals surface area (Å²) in [6.07, 6.45) is 12.3. The molecule has 0 aliphatic heterocycles. The number of benzene rings is 1. The van der Waals surface area contributed by atoms with E-state index in [4.69, 9.17) is 4.74 Å². The number of carbonyl (C=O) groups excluding carboxylic acids is 1. The molecule has 140 valence electrons. The molecular formula is C21H29N3O2. The van der Waals surface area contributed by atoms with Crippen LogP contribution in [0.2, 0.25) is 0 Å². The highest BCUT2D eigenvalue weighted by molar-refractivity contribution is 5.94. The largest absolute Gasteiger partial charge is 0.486 e. The van der Waals surface area contributed by atoms with E-state index in [9.17, 15) is 4.79 Å². The number of rotatable bonds is 5. The van der Waals surface area contributed by atoms with Crippen LogP contribution in [0.4, 0.5) is 0 Å². The predicted octanol–water partition coefficient (Wildman–Crippen LogP) is 4.18. The number of ether oxygens (including phenoxy) is 1. The van der Waals surface area contributed by atoms with E-state index in [0.717, 1.165) is 30.0 Å². The fraction of sp³-hybridized carbons (Fsp3) is 0.524. The summed E-state index contributed by atoms with van der Waals surface area (Å²) < 4.78 is 7.70. The molecule has 1 aliphatic rings. The van der Waals surface area contributed by atoms with Gasteiger partial charge in [0.25, 0.3) is 5.91 Å². The summed E-state index contributed by atoms with van der Waals surface area (Å²) >= 11 is 0. The molecule has 5 nitrogen and oxygen atoms in total. The van der Waals surface area contributed by atoms with Gasteiger partial charge in [-0.1, -0.05) is 32.1 Å². The molecule has 1 aliphatic carbocycles. The van der Waals surface area contributed by atoms with Crippen LogP contribution >= 0.6 is 0 Å². The second-order valence-corrected chi connectivity index (χ2v) is 7.18. The normalized spacial score (nSPS) is 15.9. The first-order valence-electron chi connectivity index (χ1n) is 9.61. The lowest BCUT2D eigenvalue weighted by atomic mass is 9.95. The van der Waals surface area contributed by atoms with Crippen LogP contribution in [0.15, 0.2) is 36.7 Å². The third-order valence-corrected chi connectivity index (χ3v) is 5.33. The fourth-order valence-corrected chi connectivity index (χ4v) is 3.57. The molecule has 2 aromatic rings. The van der Waals surface area contributed by atoms with Gasteiger partial charge in [0.15, 0.2) is 0 Å². The summed E-state index contributed by atoms with van der Waals surface area (Å²) in [6.45, 7) is 0.415. The molecule has 0 saturated heterocycles. The fourth-order valence-electron chi connectivity index (χ4n) is 3.57. The van der Waals surface area contributed by atoms with E-state index >= 15 is 0 Å². The summed E-state index contributed by atoms with van der Waals surface area (Å²) in [5.74, 6) is 1.72. The van der Waals surface area contributed by atoms with E-state index in [-0.39, 0.29) is 5.91 Å².